The summed E-state index contributed by atoms with van der Waals surface area (Å²) in [6.45, 7) is 4.88. The van der Waals surface area contributed by atoms with Crippen LogP contribution in [0.2, 0.25) is 4.34 Å². The van der Waals surface area contributed by atoms with Crippen LogP contribution in [-0.4, -0.2) is 39.4 Å². The van der Waals surface area contributed by atoms with Crippen molar-refractivity contribution in [2.75, 3.05) is 13.2 Å². The summed E-state index contributed by atoms with van der Waals surface area (Å²) < 4.78 is 7.05. The molecule has 2 aliphatic rings. The van der Waals surface area contributed by atoms with E-state index in [1.807, 2.05) is 12.4 Å². The number of piperidine rings is 1. The number of aromatic amines is 1. The minimum Gasteiger partial charge on any atom is -0.392 e. The number of aliphatic hydroxyl groups excluding tert-OH is 1. The number of thiophene rings is 1. The molecule has 1 fully saturated rings. The van der Waals surface area contributed by atoms with Gasteiger partial charge in [0.15, 0.2) is 0 Å². The number of rotatable bonds is 3. The van der Waals surface area contributed by atoms with Gasteiger partial charge < -0.3 is 9.84 Å². The van der Waals surface area contributed by atoms with Gasteiger partial charge in [-0.15, -0.1) is 11.3 Å². The molecule has 24 heavy (non-hydrogen) atoms. The zero-order valence-corrected chi connectivity index (χ0v) is 15.3. The molecule has 1 spiro atoms. The van der Waals surface area contributed by atoms with Crippen LogP contribution in [0.1, 0.15) is 41.3 Å². The quantitative estimate of drug-likeness (QED) is 0.875. The minimum absolute atomic E-state index is 0.0168. The Kier molecular flexibility index (Phi) is 4.43. The van der Waals surface area contributed by atoms with Gasteiger partial charge in [-0.25, -0.2) is 0 Å². The van der Waals surface area contributed by atoms with E-state index in [2.05, 4.69) is 22.0 Å². The predicted octanol–water partition coefficient (Wildman–Crippen LogP) is 3.07. The van der Waals surface area contributed by atoms with Crippen molar-refractivity contribution in [2.24, 2.45) is 0 Å². The number of hydrogen-bond acceptors (Lipinski definition) is 5. The van der Waals surface area contributed by atoms with E-state index in [9.17, 15) is 5.11 Å². The Hall–Kier alpha value is -0.920. The second kappa shape index (κ2) is 6.42. The topological polar surface area (TPSA) is 61.4 Å². The first-order valence-corrected chi connectivity index (χ1v) is 9.59. The Labute approximate surface area is 150 Å². The smallest absolute Gasteiger partial charge is 0.105 e. The Balaban J connectivity index is 1.58. The van der Waals surface area contributed by atoms with Crippen molar-refractivity contribution in [3.63, 3.8) is 0 Å². The number of nitrogens with one attached hydrogen (secondary N) is 1. The van der Waals surface area contributed by atoms with E-state index in [1.54, 1.807) is 11.3 Å². The first-order valence-electron chi connectivity index (χ1n) is 8.40. The Morgan fingerprint density at radius 2 is 2.46 bits per heavy atom. The first-order chi connectivity index (χ1) is 11.6. The van der Waals surface area contributed by atoms with Crippen LogP contribution in [0.3, 0.4) is 0 Å². The molecule has 2 aromatic heterocycles. The van der Waals surface area contributed by atoms with Crippen molar-refractivity contribution in [1.82, 2.24) is 15.1 Å². The fourth-order valence-electron chi connectivity index (χ4n) is 4.10. The van der Waals surface area contributed by atoms with Crippen molar-refractivity contribution in [3.8, 4) is 0 Å². The number of ether oxygens (including phenoxy) is 1. The lowest BCUT2D eigenvalue weighted by atomic mass is 9.81. The van der Waals surface area contributed by atoms with Crippen molar-refractivity contribution in [1.29, 1.82) is 0 Å². The number of halogens is 1. The normalized spacial score (nSPS) is 27.5. The fraction of sp³-hybridized carbons (Fsp3) is 0.588. The average Bonchev–Trinajstić information content (AvgIpc) is 3.18. The molecule has 2 aromatic rings. The third-order valence-corrected chi connectivity index (χ3v) is 7.07. The SMILES string of the molecule is C[C@H]1C[C@@]2(CCN1Cc1cn[nH]c1)OCCc1c2sc(Cl)c1CO. The summed E-state index contributed by atoms with van der Waals surface area (Å²) in [5, 5.41) is 16.6. The maximum absolute atomic E-state index is 9.65. The van der Waals surface area contributed by atoms with Gasteiger partial charge in [-0.3, -0.25) is 10.00 Å². The van der Waals surface area contributed by atoms with Crippen LogP contribution < -0.4 is 0 Å². The number of H-pyrrole nitrogens is 1. The van der Waals surface area contributed by atoms with Crippen LogP contribution in [0.5, 0.6) is 0 Å². The number of fused-ring (bicyclic) bond motifs is 2. The van der Waals surface area contributed by atoms with Gasteiger partial charge in [0.25, 0.3) is 0 Å². The Morgan fingerprint density at radius 3 is 3.17 bits per heavy atom. The molecule has 0 aromatic carbocycles. The van der Waals surface area contributed by atoms with Gasteiger partial charge in [-0.05, 0) is 31.7 Å². The van der Waals surface area contributed by atoms with Crippen molar-refractivity contribution >= 4 is 22.9 Å². The van der Waals surface area contributed by atoms with Crippen molar-refractivity contribution in [3.05, 3.63) is 38.3 Å². The summed E-state index contributed by atoms with van der Waals surface area (Å²) in [5.74, 6) is 0. The van der Waals surface area contributed by atoms with E-state index >= 15 is 0 Å². The summed E-state index contributed by atoms with van der Waals surface area (Å²) in [6.07, 6.45) is 6.62. The molecule has 0 amide bonds. The van der Waals surface area contributed by atoms with E-state index in [1.165, 1.54) is 16.0 Å². The number of hydrogen-bond donors (Lipinski definition) is 2. The third kappa shape index (κ3) is 2.70. The van der Waals surface area contributed by atoms with E-state index in [-0.39, 0.29) is 12.2 Å². The molecule has 2 atom stereocenters. The summed E-state index contributed by atoms with van der Waals surface area (Å²) in [6, 6.07) is 0.415. The molecule has 0 saturated carbocycles. The predicted molar refractivity (Wildman–Crippen MR) is 94.3 cm³/mol. The molecule has 2 aliphatic heterocycles. The summed E-state index contributed by atoms with van der Waals surface area (Å²) in [4.78, 5) is 3.73. The molecule has 0 aliphatic carbocycles. The highest BCUT2D eigenvalue weighted by atomic mass is 35.5. The molecule has 5 nitrogen and oxygen atoms in total. The van der Waals surface area contributed by atoms with Crippen LogP contribution in [-0.2, 0) is 29.9 Å². The van der Waals surface area contributed by atoms with Crippen LogP contribution in [0, 0.1) is 0 Å². The third-order valence-electron chi connectivity index (χ3n) is 5.36. The highest BCUT2D eigenvalue weighted by Gasteiger charge is 2.45. The Bertz CT molecular complexity index is 718. The zero-order chi connectivity index (χ0) is 16.7. The number of likely N-dealkylation sites (tertiary alicyclic amines) is 1. The van der Waals surface area contributed by atoms with Crippen molar-refractivity contribution < 1.29 is 9.84 Å². The summed E-state index contributed by atoms with van der Waals surface area (Å²) >= 11 is 7.98. The van der Waals surface area contributed by atoms with Crippen LogP contribution >= 0.6 is 22.9 Å². The van der Waals surface area contributed by atoms with Crippen LogP contribution in [0.25, 0.3) is 0 Å². The largest absolute Gasteiger partial charge is 0.392 e. The molecule has 0 bridgehead atoms. The average molecular weight is 368 g/mol. The van der Waals surface area contributed by atoms with Gasteiger partial charge >= 0.3 is 0 Å². The number of nitrogens with zero attached hydrogens (tertiary/aromatic N) is 2. The van der Waals surface area contributed by atoms with Gasteiger partial charge in [0.05, 0.1) is 23.7 Å². The van der Waals surface area contributed by atoms with Gasteiger partial charge in [-0.2, -0.15) is 5.10 Å². The number of aromatic nitrogens is 2. The summed E-state index contributed by atoms with van der Waals surface area (Å²) in [5.41, 5.74) is 3.12. The molecule has 2 N–H and O–H groups in total. The highest BCUT2D eigenvalue weighted by Crippen LogP contribution is 2.49. The van der Waals surface area contributed by atoms with E-state index in [0.29, 0.717) is 12.6 Å². The van der Waals surface area contributed by atoms with Crippen LogP contribution in [0.4, 0.5) is 0 Å². The molecule has 7 heteroatoms. The second-order valence-electron chi connectivity index (χ2n) is 6.79. The van der Waals surface area contributed by atoms with E-state index < -0.39 is 0 Å². The van der Waals surface area contributed by atoms with Gasteiger partial charge in [0.1, 0.15) is 5.60 Å². The molecular weight excluding hydrogens is 346 g/mol. The van der Waals surface area contributed by atoms with Crippen molar-refractivity contribution in [2.45, 2.75) is 51.0 Å². The molecular formula is C17H22ClN3O2S. The maximum Gasteiger partial charge on any atom is 0.105 e. The summed E-state index contributed by atoms with van der Waals surface area (Å²) in [7, 11) is 0. The maximum atomic E-state index is 9.65. The molecule has 4 rings (SSSR count). The first kappa shape index (κ1) is 16.5. The highest BCUT2D eigenvalue weighted by molar-refractivity contribution is 7.16. The lowest BCUT2D eigenvalue weighted by Crippen LogP contribution is -2.50. The molecule has 0 radical (unpaired) electrons. The standard InChI is InChI=1S/C17H22ClN3O2S/c1-11-6-17(3-4-21(11)9-12-7-19-20-8-12)15-13(2-5-23-17)14(10-22)16(18)24-15/h7-8,11,22H,2-6,9-10H2,1H3,(H,19,20)/t11-,17+/m0/s1. The van der Waals surface area contributed by atoms with Gasteiger partial charge in [0.2, 0.25) is 0 Å². The monoisotopic (exact) mass is 367 g/mol. The lowest BCUT2D eigenvalue weighted by molar-refractivity contribution is -0.110. The fourth-order valence-corrected chi connectivity index (χ4v) is 5.77. The second-order valence-corrected chi connectivity index (χ2v) is 8.42. The van der Waals surface area contributed by atoms with Crippen LogP contribution in [0.15, 0.2) is 12.4 Å². The molecule has 0 unspecified atom stereocenters. The number of aliphatic hydroxyl groups is 1. The van der Waals surface area contributed by atoms with Gasteiger partial charge in [-0.1, -0.05) is 11.6 Å². The lowest BCUT2D eigenvalue weighted by Gasteiger charge is -2.47. The van der Waals surface area contributed by atoms with Gasteiger partial charge in [0, 0.05) is 41.3 Å². The molecule has 130 valence electrons. The Morgan fingerprint density at radius 1 is 1.58 bits per heavy atom. The molecule has 1 saturated heterocycles. The minimum atomic E-state index is -0.235. The van der Waals surface area contributed by atoms with E-state index in [4.69, 9.17) is 16.3 Å². The zero-order valence-electron chi connectivity index (χ0n) is 13.7. The molecule has 4 heterocycles. The van der Waals surface area contributed by atoms with E-state index in [0.717, 1.165) is 42.3 Å².